The molecule has 0 unspecified atom stereocenters. The standard InChI is InChI=1S/C24H24N4O3S/c1-17-9-7-16-22(25-17)26-24-27(19-12-3-2-4-13-19)23(29)21(32-24)15-8-11-18-10-5-6-14-20(18)28(30)31/h5-11,14-16,19H,2-4,12-13H2,1H3/b11-8+,21-15-,26-24+. The number of aliphatic imine (C=N–C) groups is 1. The fraction of sp³-hybridized carbons (Fsp3) is 0.292. The lowest BCUT2D eigenvalue weighted by molar-refractivity contribution is -0.385. The van der Waals surface area contributed by atoms with E-state index in [1.807, 2.05) is 30.0 Å². The topological polar surface area (TPSA) is 88.7 Å². The van der Waals surface area contributed by atoms with E-state index in [-0.39, 0.29) is 17.6 Å². The van der Waals surface area contributed by atoms with E-state index in [1.165, 1.54) is 24.2 Å². The van der Waals surface area contributed by atoms with E-state index in [4.69, 9.17) is 4.99 Å². The van der Waals surface area contributed by atoms with Crippen LogP contribution in [0.4, 0.5) is 11.5 Å². The Kier molecular flexibility index (Phi) is 6.80. The summed E-state index contributed by atoms with van der Waals surface area (Å²) in [5.74, 6) is 0.512. The van der Waals surface area contributed by atoms with Crippen molar-refractivity contribution in [2.75, 3.05) is 0 Å². The first-order valence-electron chi connectivity index (χ1n) is 10.7. The molecule has 0 N–H and O–H groups in total. The minimum Gasteiger partial charge on any atom is -0.283 e. The molecular formula is C24H24N4O3S. The van der Waals surface area contributed by atoms with Crippen molar-refractivity contribution in [3.63, 3.8) is 0 Å². The number of allylic oxidation sites excluding steroid dienone is 2. The van der Waals surface area contributed by atoms with Crippen molar-refractivity contribution in [1.29, 1.82) is 0 Å². The molecule has 0 spiro atoms. The Bertz CT molecular complexity index is 1120. The Morgan fingerprint density at radius 3 is 2.69 bits per heavy atom. The molecule has 2 fully saturated rings. The van der Waals surface area contributed by atoms with Crippen molar-refractivity contribution in [3.8, 4) is 0 Å². The fourth-order valence-electron chi connectivity index (χ4n) is 3.96. The molecule has 1 aromatic carbocycles. The minimum absolute atomic E-state index is 0.0316. The number of aryl methyl sites for hydroxylation is 1. The summed E-state index contributed by atoms with van der Waals surface area (Å²) in [7, 11) is 0. The van der Waals surface area contributed by atoms with Crippen LogP contribution in [-0.4, -0.2) is 31.9 Å². The number of benzene rings is 1. The van der Waals surface area contributed by atoms with Crippen molar-refractivity contribution in [2.45, 2.75) is 45.1 Å². The number of amidine groups is 1. The highest BCUT2D eigenvalue weighted by Gasteiger charge is 2.38. The van der Waals surface area contributed by atoms with Gasteiger partial charge in [0.25, 0.3) is 11.6 Å². The number of para-hydroxylation sites is 1. The third-order valence-electron chi connectivity index (χ3n) is 5.52. The summed E-state index contributed by atoms with van der Waals surface area (Å²) in [6.45, 7) is 1.91. The highest BCUT2D eigenvalue weighted by Crippen LogP contribution is 2.37. The molecule has 2 aliphatic rings. The first kappa shape index (κ1) is 22.0. The van der Waals surface area contributed by atoms with Gasteiger partial charge in [0.2, 0.25) is 0 Å². The number of carbonyl (C=O) groups excluding carboxylic acids is 1. The quantitative estimate of drug-likeness (QED) is 0.328. The summed E-state index contributed by atoms with van der Waals surface area (Å²) in [5.41, 5.74) is 1.39. The third-order valence-corrected chi connectivity index (χ3v) is 6.52. The van der Waals surface area contributed by atoms with Crippen molar-refractivity contribution < 1.29 is 9.72 Å². The molecule has 1 amide bonds. The van der Waals surface area contributed by atoms with Crippen LogP contribution in [0.2, 0.25) is 0 Å². The van der Waals surface area contributed by atoms with E-state index < -0.39 is 4.92 Å². The van der Waals surface area contributed by atoms with Crippen LogP contribution in [0.5, 0.6) is 0 Å². The van der Waals surface area contributed by atoms with Gasteiger partial charge in [-0.05, 0) is 61.9 Å². The highest BCUT2D eigenvalue weighted by molar-refractivity contribution is 8.18. The second-order valence-electron chi connectivity index (χ2n) is 7.81. The maximum absolute atomic E-state index is 13.3. The minimum atomic E-state index is -0.410. The monoisotopic (exact) mass is 448 g/mol. The molecule has 1 aliphatic heterocycles. The Morgan fingerprint density at radius 1 is 1.16 bits per heavy atom. The highest BCUT2D eigenvalue weighted by atomic mass is 32.2. The number of nitrogens with zero attached hydrogens (tertiary/aromatic N) is 4. The SMILES string of the molecule is Cc1cccc(/N=C2/S/C(=C\C=C\c3ccccc3[N+](=O)[O-])C(=O)N2C2CCCCC2)n1. The second-order valence-corrected chi connectivity index (χ2v) is 8.82. The summed E-state index contributed by atoms with van der Waals surface area (Å²) >= 11 is 1.33. The van der Waals surface area contributed by atoms with Gasteiger partial charge in [0, 0.05) is 17.8 Å². The van der Waals surface area contributed by atoms with Crippen molar-refractivity contribution in [3.05, 3.63) is 80.9 Å². The molecule has 7 nitrogen and oxygen atoms in total. The van der Waals surface area contributed by atoms with E-state index in [2.05, 4.69) is 4.98 Å². The molecule has 1 aliphatic carbocycles. The van der Waals surface area contributed by atoms with Gasteiger partial charge in [-0.1, -0.05) is 43.5 Å². The van der Waals surface area contributed by atoms with E-state index in [0.717, 1.165) is 31.4 Å². The molecule has 32 heavy (non-hydrogen) atoms. The van der Waals surface area contributed by atoms with Gasteiger partial charge >= 0.3 is 0 Å². The first-order chi connectivity index (χ1) is 15.5. The molecule has 2 heterocycles. The molecule has 0 atom stereocenters. The van der Waals surface area contributed by atoms with Crippen molar-refractivity contribution in [2.24, 2.45) is 4.99 Å². The smallest absolute Gasteiger partial charge is 0.276 e. The maximum atomic E-state index is 13.3. The predicted molar refractivity (Wildman–Crippen MR) is 128 cm³/mol. The van der Waals surface area contributed by atoms with Gasteiger partial charge in [0.1, 0.15) is 0 Å². The number of hydrogen-bond donors (Lipinski definition) is 0. The number of carbonyl (C=O) groups is 1. The number of nitro benzene ring substituents is 1. The lowest BCUT2D eigenvalue weighted by atomic mass is 9.94. The average Bonchev–Trinajstić information content (AvgIpc) is 3.09. The fourth-order valence-corrected chi connectivity index (χ4v) is 4.96. The summed E-state index contributed by atoms with van der Waals surface area (Å²) in [4.78, 5) is 35.6. The molecule has 4 rings (SSSR count). The van der Waals surface area contributed by atoms with Gasteiger partial charge < -0.3 is 0 Å². The van der Waals surface area contributed by atoms with Crippen molar-refractivity contribution in [1.82, 2.24) is 9.88 Å². The molecule has 1 saturated heterocycles. The molecule has 0 radical (unpaired) electrons. The van der Waals surface area contributed by atoms with E-state index in [9.17, 15) is 14.9 Å². The lowest BCUT2D eigenvalue weighted by Crippen LogP contribution is -2.40. The second kappa shape index (κ2) is 9.91. The van der Waals surface area contributed by atoms with Crippen LogP contribution >= 0.6 is 11.8 Å². The number of rotatable bonds is 5. The summed E-state index contributed by atoms with van der Waals surface area (Å²) in [6, 6.07) is 12.3. The molecule has 2 aromatic rings. The van der Waals surface area contributed by atoms with Gasteiger partial charge in [0.15, 0.2) is 11.0 Å². The van der Waals surface area contributed by atoms with Crippen LogP contribution in [0.1, 0.15) is 43.4 Å². The maximum Gasteiger partial charge on any atom is 0.276 e. The summed E-state index contributed by atoms with van der Waals surface area (Å²) in [5, 5.41) is 11.9. The molecular weight excluding hydrogens is 424 g/mol. The van der Waals surface area contributed by atoms with Gasteiger partial charge in [0.05, 0.1) is 15.4 Å². The van der Waals surface area contributed by atoms with Gasteiger partial charge in [-0.25, -0.2) is 9.98 Å². The molecule has 1 saturated carbocycles. The molecule has 164 valence electrons. The summed E-state index contributed by atoms with van der Waals surface area (Å²) in [6.07, 6.45) is 10.4. The zero-order valence-electron chi connectivity index (χ0n) is 17.8. The molecule has 0 bridgehead atoms. The zero-order valence-corrected chi connectivity index (χ0v) is 18.6. The van der Waals surface area contributed by atoms with Crippen LogP contribution in [0, 0.1) is 17.0 Å². The predicted octanol–water partition coefficient (Wildman–Crippen LogP) is 5.79. The van der Waals surface area contributed by atoms with E-state index in [1.54, 1.807) is 36.4 Å². The average molecular weight is 449 g/mol. The van der Waals surface area contributed by atoms with Crippen LogP contribution in [-0.2, 0) is 4.79 Å². The van der Waals surface area contributed by atoms with Crippen LogP contribution in [0.25, 0.3) is 6.08 Å². The van der Waals surface area contributed by atoms with E-state index >= 15 is 0 Å². The molecule has 8 heteroatoms. The van der Waals surface area contributed by atoms with Crippen molar-refractivity contribution >= 4 is 40.4 Å². The zero-order chi connectivity index (χ0) is 22.5. The Hall–Kier alpha value is -3.26. The lowest BCUT2D eigenvalue weighted by Gasteiger charge is -2.30. The van der Waals surface area contributed by atoms with Gasteiger partial charge in [-0.15, -0.1) is 0 Å². The van der Waals surface area contributed by atoms with E-state index in [0.29, 0.717) is 21.5 Å². The van der Waals surface area contributed by atoms with Gasteiger partial charge in [-0.3, -0.25) is 19.8 Å². The Balaban J connectivity index is 1.63. The van der Waals surface area contributed by atoms with Gasteiger partial charge in [-0.2, -0.15) is 0 Å². The Morgan fingerprint density at radius 2 is 1.94 bits per heavy atom. The number of aromatic nitrogens is 1. The normalized spacial score (nSPS) is 20.0. The number of pyridine rings is 1. The number of thioether (sulfide) groups is 1. The largest absolute Gasteiger partial charge is 0.283 e. The first-order valence-corrected chi connectivity index (χ1v) is 11.5. The summed E-state index contributed by atoms with van der Waals surface area (Å²) < 4.78 is 0. The molecule has 1 aromatic heterocycles. The number of hydrogen-bond acceptors (Lipinski definition) is 6. The number of amides is 1. The number of nitro groups is 1. The van der Waals surface area contributed by atoms with Crippen LogP contribution in [0.3, 0.4) is 0 Å². The Labute approximate surface area is 191 Å². The van der Waals surface area contributed by atoms with Crippen LogP contribution in [0.15, 0.2) is 64.5 Å². The van der Waals surface area contributed by atoms with Crippen LogP contribution < -0.4 is 0 Å². The third kappa shape index (κ3) is 4.96.